The predicted molar refractivity (Wildman–Crippen MR) is 54.4 cm³/mol. The summed E-state index contributed by atoms with van der Waals surface area (Å²) in [6.07, 6.45) is 3.97. The standard InChI is InChI=1S/C11H19NO/c1-8(2)4-5-11(12)10-6-9(3)13-7-10/h6-8,11H,4-5,12H2,1-3H3. The van der Waals surface area contributed by atoms with Crippen LogP contribution in [0.4, 0.5) is 0 Å². The van der Waals surface area contributed by atoms with Gasteiger partial charge in [-0.2, -0.15) is 0 Å². The Morgan fingerprint density at radius 3 is 2.54 bits per heavy atom. The number of aryl methyl sites for hydroxylation is 1. The largest absolute Gasteiger partial charge is 0.469 e. The molecule has 0 aliphatic rings. The predicted octanol–water partition coefficient (Wildman–Crippen LogP) is 3.02. The number of furan rings is 1. The van der Waals surface area contributed by atoms with Gasteiger partial charge in [0.25, 0.3) is 0 Å². The van der Waals surface area contributed by atoms with Crippen molar-refractivity contribution in [1.29, 1.82) is 0 Å². The third-order valence-corrected chi connectivity index (χ3v) is 2.23. The number of nitrogens with two attached hydrogens (primary N) is 1. The van der Waals surface area contributed by atoms with E-state index >= 15 is 0 Å². The molecule has 0 aromatic carbocycles. The van der Waals surface area contributed by atoms with E-state index in [4.69, 9.17) is 10.2 Å². The molecule has 74 valence electrons. The summed E-state index contributed by atoms with van der Waals surface area (Å²) in [5, 5.41) is 0. The van der Waals surface area contributed by atoms with Crippen molar-refractivity contribution < 1.29 is 4.42 Å². The van der Waals surface area contributed by atoms with Gasteiger partial charge in [0.05, 0.1) is 6.26 Å². The zero-order valence-corrected chi connectivity index (χ0v) is 8.71. The quantitative estimate of drug-likeness (QED) is 0.775. The molecule has 2 N–H and O–H groups in total. The summed E-state index contributed by atoms with van der Waals surface area (Å²) in [6.45, 7) is 6.37. The van der Waals surface area contributed by atoms with Gasteiger partial charge in [0.1, 0.15) is 5.76 Å². The van der Waals surface area contributed by atoms with Gasteiger partial charge in [-0.05, 0) is 31.7 Å². The normalized spacial score (nSPS) is 13.6. The molecule has 1 rings (SSSR count). The van der Waals surface area contributed by atoms with Crippen LogP contribution in [-0.2, 0) is 0 Å². The highest BCUT2D eigenvalue weighted by molar-refractivity contribution is 5.15. The summed E-state index contributed by atoms with van der Waals surface area (Å²) in [4.78, 5) is 0. The highest BCUT2D eigenvalue weighted by Gasteiger charge is 2.08. The molecule has 1 aromatic rings. The Bertz CT molecular complexity index is 252. The molecule has 1 unspecified atom stereocenters. The van der Waals surface area contributed by atoms with Gasteiger partial charge in [0.15, 0.2) is 0 Å². The molecule has 0 bridgehead atoms. The van der Waals surface area contributed by atoms with Gasteiger partial charge in [-0.25, -0.2) is 0 Å². The van der Waals surface area contributed by atoms with E-state index < -0.39 is 0 Å². The third kappa shape index (κ3) is 3.23. The van der Waals surface area contributed by atoms with Crippen molar-refractivity contribution in [3.05, 3.63) is 23.7 Å². The Balaban J connectivity index is 2.44. The Hall–Kier alpha value is -0.760. The molecule has 1 aromatic heterocycles. The fourth-order valence-electron chi connectivity index (χ4n) is 1.34. The summed E-state index contributed by atoms with van der Waals surface area (Å²) in [6, 6.07) is 2.16. The van der Waals surface area contributed by atoms with Crippen molar-refractivity contribution in [3.63, 3.8) is 0 Å². The molecule has 13 heavy (non-hydrogen) atoms. The fourth-order valence-corrected chi connectivity index (χ4v) is 1.34. The number of hydrogen-bond donors (Lipinski definition) is 1. The minimum atomic E-state index is 0.139. The summed E-state index contributed by atoms with van der Waals surface area (Å²) in [5.41, 5.74) is 7.12. The molecule has 0 saturated carbocycles. The van der Waals surface area contributed by atoms with Crippen LogP contribution in [0.5, 0.6) is 0 Å². The van der Waals surface area contributed by atoms with Crippen LogP contribution < -0.4 is 5.73 Å². The Morgan fingerprint density at radius 1 is 1.38 bits per heavy atom. The maximum absolute atomic E-state index is 6.00. The fraction of sp³-hybridized carbons (Fsp3) is 0.636. The van der Waals surface area contributed by atoms with Crippen molar-refractivity contribution in [3.8, 4) is 0 Å². The van der Waals surface area contributed by atoms with Crippen LogP contribution in [0.25, 0.3) is 0 Å². The molecular weight excluding hydrogens is 162 g/mol. The molecule has 1 heterocycles. The van der Waals surface area contributed by atoms with Gasteiger partial charge < -0.3 is 10.2 Å². The first-order valence-electron chi connectivity index (χ1n) is 4.90. The van der Waals surface area contributed by atoms with E-state index in [9.17, 15) is 0 Å². The number of rotatable bonds is 4. The molecule has 2 heteroatoms. The second-order valence-corrected chi connectivity index (χ2v) is 4.07. The maximum Gasteiger partial charge on any atom is 0.101 e. The van der Waals surface area contributed by atoms with E-state index in [1.165, 1.54) is 6.42 Å². The molecule has 1 atom stereocenters. The van der Waals surface area contributed by atoms with Crippen LogP contribution in [0, 0.1) is 12.8 Å². The van der Waals surface area contributed by atoms with E-state index in [0.29, 0.717) is 0 Å². The highest BCUT2D eigenvalue weighted by Crippen LogP contribution is 2.20. The third-order valence-electron chi connectivity index (χ3n) is 2.23. The van der Waals surface area contributed by atoms with Crippen molar-refractivity contribution in [2.24, 2.45) is 11.7 Å². The molecule has 0 saturated heterocycles. The van der Waals surface area contributed by atoms with E-state index in [-0.39, 0.29) is 6.04 Å². The Labute approximate surface area is 80.1 Å². The first-order valence-corrected chi connectivity index (χ1v) is 4.90. The van der Waals surface area contributed by atoms with Crippen molar-refractivity contribution in [1.82, 2.24) is 0 Å². The highest BCUT2D eigenvalue weighted by atomic mass is 16.3. The average molecular weight is 181 g/mol. The Morgan fingerprint density at radius 2 is 2.08 bits per heavy atom. The van der Waals surface area contributed by atoms with Crippen LogP contribution in [0.1, 0.15) is 44.1 Å². The second kappa shape index (κ2) is 4.47. The molecule has 0 radical (unpaired) electrons. The molecule has 2 nitrogen and oxygen atoms in total. The van der Waals surface area contributed by atoms with Crippen molar-refractivity contribution in [2.45, 2.75) is 39.7 Å². The van der Waals surface area contributed by atoms with Crippen LogP contribution in [0.3, 0.4) is 0 Å². The van der Waals surface area contributed by atoms with Crippen LogP contribution >= 0.6 is 0 Å². The summed E-state index contributed by atoms with van der Waals surface area (Å²) in [5.74, 6) is 1.66. The first-order chi connectivity index (χ1) is 6.09. The van der Waals surface area contributed by atoms with E-state index in [2.05, 4.69) is 13.8 Å². The van der Waals surface area contributed by atoms with E-state index in [1.54, 1.807) is 6.26 Å². The maximum atomic E-state index is 6.00. The lowest BCUT2D eigenvalue weighted by atomic mass is 10.0. The van der Waals surface area contributed by atoms with E-state index in [1.807, 2.05) is 13.0 Å². The van der Waals surface area contributed by atoms with Crippen LogP contribution in [-0.4, -0.2) is 0 Å². The molecule has 0 aliphatic heterocycles. The minimum absolute atomic E-state index is 0.139. The summed E-state index contributed by atoms with van der Waals surface area (Å²) < 4.78 is 5.21. The topological polar surface area (TPSA) is 39.2 Å². The van der Waals surface area contributed by atoms with Gasteiger partial charge in [0, 0.05) is 11.6 Å². The second-order valence-electron chi connectivity index (χ2n) is 4.07. The lowest BCUT2D eigenvalue weighted by Gasteiger charge is -2.10. The van der Waals surface area contributed by atoms with Gasteiger partial charge in [0.2, 0.25) is 0 Å². The zero-order chi connectivity index (χ0) is 9.84. The summed E-state index contributed by atoms with van der Waals surface area (Å²) in [7, 11) is 0. The van der Waals surface area contributed by atoms with Gasteiger partial charge in [-0.3, -0.25) is 0 Å². The smallest absolute Gasteiger partial charge is 0.101 e. The van der Waals surface area contributed by atoms with Crippen LogP contribution in [0.2, 0.25) is 0 Å². The molecule has 0 amide bonds. The summed E-state index contributed by atoms with van der Waals surface area (Å²) >= 11 is 0. The van der Waals surface area contributed by atoms with Gasteiger partial charge in [-0.15, -0.1) is 0 Å². The minimum Gasteiger partial charge on any atom is -0.469 e. The molecule has 0 spiro atoms. The molecule has 0 aliphatic carbocycles. The number of hydrogen-bond acceptors (Lipinski definition) is 2. The SMILES string of the molecule is Cc1cc(C(N)CCC(C)C)co1. The first kappa shape index (κ1) is 10.3. The Kier molecular flexibility index (Phi) is 3.55. The van der Waals surface area contributed by atoms with E-state index in [0.717, 1.165) is 23.7 Å². The lowest BCUT2D eigenvalue weighted by molar-refractivity contribution is 0.496. The monoisotopic (exact) mass is 181 g/mol. The zero-order valence-electron chi connectivity index (χ0n) is 8.71. The van der Waals surface area contributed by atoms with Gasteiger partial charge >= 0.3 is 0 Å². The molecular formula is C11H19NO. The van der Waals surface area contributed by atoms with Crippen molar-refractivity contribution >= 4 is 0 Å². The average Bonchev–Trinajstić information content (AvgIpc) is 2.47. The van der Waals surface area contributed by atoms with Crippen molar-refractivity contribution in [2.75, 3.05) is 0 Å². The lowest BCUT2D eigenvalue weighted by Crippen LogP contribution is -2.10. The van der Waals surface area contributed by atoms with Crippen LogP contribution in [0.15, 0.2) is 16.7 Å². The van der Waals surface area contributed by atoms with Gasteiger partial charge in [-0.1, -0.05) is 13.8 Å². The molecule has 0 fully saturated rings.